The number of rotatable bonds is 3. The van der Waals surface area contributed by atoms with Gasteiger partial charge in [-0.05, 0) is 18.4 Å². The molecule has 27 heavy (non-hydrogen) atoms. The fourth-order valence-corrected chi connectivity index (χ4v) is 3.17. The Kier molecular flexibility index (Phi) is 13.2. The van der Waals surface area contributed by atoms with Gasteiger partial charge >= 0.3 is 0 Å². The number of fused-ring (bicyclic) bond motifs is 1. The van der Waals surface area contributed by atoms with Gasteiger partial charge < -0.3 is 19.1 Å². The number of benzene rings is 1. The minimum atomic E-state index is -0.523. The summed E-state index contributed by atoms with van der Waals surface area (Å²) in [4.78, 5) is 0. The summed E-state index contributed by atoms with van der Waals surface area (Å²) in [7, 11) is 1.60. The summed E-state index contributed by atoms with van der Waals surface area (Å²) >= 11 is 5.59. The van der Waals surface area contributed by atoms with Gasteiger partial charge in [-0.3, -0.25) is 0 Å². The lowest BCUT2D eigenvalue weighted by Gasteiger charge is -2.17. The number of nitrogens with zero attached hydrogens (tertiary/aromatic N) is 1. The Morgan fingerprint density at radius 3 is 2.37 bits per heavy atom. The van der Waals surface area contributed by atoms with Crippen LogP contribution in [0.1, 0.15) is 59.8 Å². The van der Waals surface area contributed by atoms with Crippen LogP contribution in [0.4, 0.5) is 0 Å². The second kappa shape index (κ2) is 13.8. The van der Waals surface area contributed by atoms with Gasteiger partial charge in [0, 0.05) is 25.1 Å². The summed E-state index contributed by atoms with van der Waals surface area (Å²) < 4.78 is 13.6. The van der Waals surface area contributed by atoms with Crippen molar-refractivity contribution in [3.8, 4) is 0 Å². The third-order valence-electron chi connectivity index (χ3n) is 3.93. The van der Waals surface area contributed by atoms with Crippen molar-refractivity contribution in [2.45, 2.75) is 73.3 Å². The van der Waals surface area contributed by atoms with Crippen LogP contribution in [0.3, 0.4) is 0 Å². The molecule has 1 unspecified atom stereocenters. The van der Waals surface area contributed by atoms with Crippen molar-refractivity contribution >= 4 is 23.0 Å². The molecule has 2 aromatic rings. The first-order chi connectivity index (χ1) is 13.1. The Hall–Kier alpha value is -1.27. The number of methoxy groups -OCH3 is 1. The van der Waals surface area contributed by atoms with E-state index in [1.54, 1.807) is 7.11 Å². The predicted molar refractivity (Wildman–Crippen MR) is 118 cm³/mol. The van der Waals surface area contributed by atoms with E-state index in [1.165, 1.54) is 5.56 Å². The molecule has 0 radical (unpaired) electrons. The van der Waals surface area contributed by atoms with Gasteiger partial charge in [-0.2, -0.15) is 0 Å². The van der Waals surface area contributed by atoms with E-state index in [-0.39, 0.29) is 12.3 Å². The van der Waals surface area contributed by atoms with E-state index in [9.17, 15) is 5.11 Å². The second-order valence-corrected chi connectivity index (χ2v) is 5.89. The van der Waals surface area contributed by atoms with Gasteiger partial charge in [-0.15, -0.1) is 0 Å². The molecular formula is C22H37NO3S. The Morgan fingerprint density at radius 1 is 1.15 bits per heavy atom. The van der Waals surface area contributed by atoms with Crippen LogP contribution in [0.5, 0.6) is 0 Å². The predicted octanol–water partition coefficient (Wildman–Crippen LogP) is 6.05. The average Bonchev–Trinajstić information content (AvgIpc) is 3.07. The Morgan fingerprint density at radius 2 is 1.78 bits per heavy atom. The van der Waals surface area contributed by atoms with E-state index in [0.717, 1.165) is 15.4 Å². The van der Waals surface area contributed by atoms with Crippen molar-refractivity contribution < 1.29 is 14.6 Å². The first-order valence-corrected chi connectivity index (χ1v) is 10.4. The molecule has 1 aromatic carbocycles. The molecule has 1 saturated heterocycles. The van der Waals surface area contributed by atoms with Gasteiger partial charge in [0.25, 0.3) is 0 Å². The standard InChI is InChI=1S/C16H19NO3S.3C2H6/c1-10-3-4-12-11(7-10)5-6-17(16(12)21)15-8-13(18)14(20-15)9-19-2;3*1-2/h3-7,13-15,18H,8-9H2,1-2H3;3*1-2H3/t13-,14?,15-;;;/m1.../s1. The molecule has 1 aromatic heterocycles. The number of hydrogen-bond donors (Lipinski definition) is 1. The van der Waals surface area contributed by atoms with Gasteiger partial charge in [-0.1, -0.05) is 77.5 Å². The van der Waals surface area contributed by atoms with Crippen LogP contribution in [0.25, 0.3) is 10.8 Å². The maximum Gasteiger partial charge on any atom is 0.137 e. The summed E-state index contributed by atoms with van der Waals surface area (Å²) in [5.74, 6) is 0. The van der Waals surface area contributed by atoms with E-state index in [0.29, 0.717) is 13.0 Å². The molecule has 0 aliphatic carbocycles. The minimum Gasteiger partial charge on any atom is -0.390 e. The highest BCUT2D eigenvalue weighted by atomic mass is 32.1. The van der Waals surface area contributed by atoms with Crippen LogP contribution >= 0.6 is 12.2 Å². The van der Waals surface area contributed by atoms with Gasteiger partial charge in [0.05, 0.1) is 12.7 Å². The lowest BCUT2D eigenvalue weighted by atomic mass is 10.1. The smallest absolute Gasteiger partial charge is 0.137 e. The zero-order valence-electron chi connectivity index (χ0n) is 18.2. The molecule has 1 aliphatic heterocycles. The van der Waals surface area contributed by atoms with Crippen molar-refractivity contribution in [2.75, 3.05) is 13.7 Å². The third-order valence-corrected chi connectivity index (χ3v) is 4.36. The van der Waals surface area contributed by atoms with Crippen molar-refractivity contribution in [3.05, 3.63) is 40.7 Å². The van der Waals surface area contributed by atoms with Crippen molar-refractivity contribution in [3.63, 3.8) is 0 Å². The Labute approximate surface area is 170 Å². The SMILES string of the molecule is CC.CC.CC.COCC1O[C@@H](n2ccc3cc(C)ccc3c2=S)C[C@H]1O. The van der Waals surface area contributed by atoms with Gasteiger partial charge in [0.2, 0.25) is 0 Å². The molecule has 3 atom stereocenters. The minimum absolute atomic E-state index is 0.238. The number of hydrogen-bond acceptors (Lipinski definition) is 4. The molecule has 1 N–H and O–H groups in total. The highest BCUT2D eigenvalue weighted by Gasteiger charge is 2.34. The van der Waals surface area contributed by atoms with E-state index in [1.807, 2.05) is 64.4 Å². The molecule has 0 amide bonds. The Bertz CT molecular complexity index is 714. The topological polar surface area (TPSA) is 43.6 Å². The molecule has 0 saturated carbocycles. The molecule has 3 rings (SSSR count). The zero-order chi connectivity index (χ0) is 21.0. The first-order valence-electron chi connectivity index (χ1n) is 10.0. The molecule has 154 valence electrons. The highest BCUT2D eigenvalue weighted by Crippen LogP contribution is 2.30. The summed E-state index contributed by atoms with van der Waals surface area (Å²) in [6, 6.07) is 8.26. The summed E-state index contributed by atoms with van der Waals surface area (Å²) in [5.41, 5.74) is 1.21. The third kappa shape index (κ3) is 6.68. The quantitative estimate of drug-likeness (QED) is 0.642. The summed E-state index contributed by atoms with van der Waals surface area (Å²) in [5, 5.41) is 12.2. The monoisotopic (exact) mass is 395 g/mol. The normalized spacial score (nSPS) is 20.6. The van der Waals surface area contributed by atoms with Crippen molar-refractivity contribution in [1.82, 2.24) is 4.57 Å². The Balaban J connectivity index is 0.00000103. The lowest BCUT2D eigenvalue weighted by Crippen LogP contribution is -2.25. The average molecular weight is 396 g/mol. The number of aryl methyl sites for hydroxylation is 1. The molecule has 1 fully saturated rings. The number of aliphatic hydroxyl groups is 1. The number of pyridine rings is 1. The fourth-order valence-electron chi connectivity index (χ4n) is 2.81. The molecule has 0 bridgehead atoms. The second-order valence-electron chi connectivity index (χ2n) is 5.51. The number of aliphatic hydroxyl groups excluding tert-OH is 1. The van der Waals surface area contributed by atoms with Crippen LogP contribution in [0.15, 0.2) is 30.5 Å². The summed E-state index contributed by atoms with van der Waals surface area (Å²) in [6.07, 6.45) is 1.41. The fraction of sp³-hybridized carbons (Fsp3) is 0.591. The molecule has 2 heterocycles. The van der Waals surface area contributed by atoms with Gasteiger partial charge in [-0.25, -0.2) is 0 Å². The van der Waals surface area contributed by atoms with E-state index >= 15 is 0 Å². The molecule has 4 nitrogen and oxygen atoms in total. The van der Waals surface area contributed by atoms with E-state index < -0.39 is 6.10 Å². The molecule has 1 aliphatic rings. The van der Waals surface area contributed by atoms with Gasteiger partial charge in [0.15, 0.2) is 0 Å². The molecule has 0 spiro atoms. The zero-order valence-corrected chi connectivity index (χ0v) is 19.0. The molecular weight excluding hydrogens is 358 g/mol. The van der Waals surface area contributed by atoms with Crippen LogP contribution in [-0.4, -0.2) is 35.6 Å². The van der Waals surface area contributed by atoms with E-state index in [4.69, 9.17) is 21.7 Å². The van der Waals surface area contributed by atoms with Crippen molar-refractivity contribution in [1.29, 1.82) is 0 Å². The summed E-state index contributed by atoms with van der Waals surface area (Å²) in [6.45, 7) is 14.5. The van der Waals surface area contributed by atoms with Crippen LogP contribution in [0.2, 0.25) is 0 Å². The van der Waals surface area contributed by atoms with Crippen LogP contribution in [0, 0.1) is 11.6 Å². The van der Waals surface area contributed by atoms with E-state index in [2.05, 4.69) is 19.1 Å². The lowest BCUT2D eigenvalue weighted by molar-refractivity contribution is -0.0537. The number of aromatic nitrogens is 1. The van der Waals surface area contributed by atoms with Crippen molar-refractivity contribution in [2.24, 2.45) is 0 Å². The largest absolute Gasteiger partial charge is 0.390 e. The maximum absolute atomic E-state index is 10.0. The van der Waals surface area contributed by atoms with Crippen LogP contribution in [-0.2, 0) is 9.47 Å². The highest BCUT2D eigenvalue weighted by molar-refractivity contribution is 7.71. The first kappa shape index (κ1) is 25.7. The van der Waals surface area contributed by atoms with Crippen LogP contribution < -0.4 is 0 Å². The van der Waals surface area contributed by atoms with Gasteiger partial charge in [0.1, 0.15) is 17.0 Å². The molecule has 5 heteroatoms. The maximum atomic E-state index is 10.0. The number of ether oxygens (including phenoxy) is 2.